The third kappa shape index (κ3) is 5.45. The van der Waals surface area contributed by atoms with E-state index < -0.39 is 0 Å². The molecule has 3 N–H and O–H groups in total. The van der Waals surface area contributed by atoms with Crippen LogP contribution in [0.2, 0.25) is 0 Å². The van der Waals surface area contributed by atoms with Gasteiger partial charge in [-0.15, -0.1) is 0 Å². The second-order valence-electron chi connectivity index (χ2n) is 4.14. The van der Waals surface area contributed by atoms with Crippen molar-refractivity contribution < 1.29 is 4.79 Å². The van der Waals surface area contributed by atoms with Crippen molar-refractivity contribution in [1.29, 1.82) is 0 Å². The molecule has 94 valence electrons. The number of aromatic nitrogens is 1. The molecule has 0 aliphatic rings. The number of rotatable bonds is 7. The highest BCUT2D eigenvalue weighted by atomic mass is 16.1. The van der Waals surface area contributed by atoms with Gasteiger partial charge in [-0.3, -0.25) is 9.78 Å². The summed E-state index contributed by atoms with van der Waals surface area (Å²) in [6.45, 7) is 2.64. The average molecular weight is 235 g/mol. The molecule has 0 aromatic carbocycles. The summed E-state index contributed by atoms with van der Waals surface area (Å²) in [4.78, 5) is 15.8. The van der Waals surface area contributed by atoms with Gasteiger partial charge in [0, 0.05) is 12.6 Å². The van der Waals surface area contributed by atoms with Crippen molar-refractivity contribution in [3.05, 3.63) is 30.1 Å². The van der Waals surface area contributed by atoms with E-state index in [1.54, 1.807) is 6.20 Å². The first-order valence-electron chi connectivity index (χ1n) is 6.14. The van der Waals surface area contributed by atoms with Gasteiger partial charge in [-0.1, -0.05) is 12.5 Å². The minimum Gasteiger partial charge on any atom is -0.348 e. The van der Waals surface area contributed by atoms with E-state index in [9.17, 15) is 4.79 Å². The number of amides is 1. The number of nitrogens with zero attached hydrogens (tertiary/aromatic N) is 1. The van der Waals surface area contributed by atoms with Gasteiger partial charge in [-0.2, -0.15) is 0 Å². The van der Waals surface area contributed by atoms with E-state index >= 15 is 0 Å². The van der Waals surface area contributed by atoms with Gasteiger partial charge in [-0.05, 0) is 38.4 Å². The Morgan fingerprint density at radius 3 is 2.88 bits per heavy atom. The predicted molar refractivity (Wildman–Crippen MR) is 68.3 cm³/mol. The van der Waals surface area contributed by atoms with Crippen LogP contribution in [-0.2, 0) is 4.79 Å². The lowest BCUT2D eigenvalue weighted by molar-refractivity contribution is -0.121. The first-order valence-corrected chi connectivity index (χ1v) is 6.14. The Morgan fingerprint density at radius 2 is 2.24 bits per heavy atom. The van der Waals surface area contributed by atoms with Crippen LogP contribution in [0.4, 0.5) is 0 Å². The van der Waals surface area contributed by atoms with E-state index in [0.717, 1.165) is 25.0 Å². The lowest BCUT2D eigenvalue weighted by Crippen LogP contribution is -2.26. The van der Waals surface area contributed by atoms with E-state index in [4.69, 9.17) is 5.73 Å². The van der Waals surface area contributed by atoms with Crippen LogP contribution in [0, 0.1) is 0 Å². The van der Waals surface area contributed by atoms with Gasteiger partial charge in [0.15, 0.2) is 0 Å². The molecule has 17 heavy (non-hydrogen) atoms. The van der Waals surface area contributed by atoms with Gasteiger partial charge < -0.3 is 11.1 Å². The molecule has 0 saturated carbocycles. The largest absolute Gasteiger partial charge is 0.348 e. The summed E-state index contributed by atoms with van der Waals surface area (Å²) in [5.74, 6) is 0.0835. The number of carbonyl (C=O) groups is 1. The van der Waals surface area contributed by atoms with Crippen LogP contribution in [0.5, 0.6) is 0 Å². The Labute approximate surface area is 103 Å². The lowest BCUT2D eigenvalue weighted by Gasteiger charge is -2.13. The quantitative estimate of drug-likeness (QED) is 0.708. The molecule has 4 nitrogen and oxygen atoms in total. The van der Waals surface area contributed by atoms with Crippen molar-refractivity contribution >= 4 is 5.91 Å². The van der Waals surface area contributed by atoms with Crippen LogP contribution < -0.4 is 11.1 Å². The summed E-state index contributed by atoms with van der Waals surface area (Å²) in [5, 5.41) is 2.94. The maximum absolute atomic E-state index is 11.6. The van der Waals surface area contributed by atoms with Crippen LogP contribution >= 0.6 is 0 Å². The lowest BCUT2D eigenvalue weighted by atomic mass is 10.1. The highest BCUT2D eigenvalue weighted by Gasteiger charge is 2.09. The molecule has 1 aromatic heterocycles. The molecule has 0 saturated heterocycles. The van der Waals surface area contributed by atoms with Crippen LogP contribution in [0.15, 0.2) is 24.4 Å². The van der Waals surface area contributed by atoms with Gasteiger partial charge in [0.1, 0.15) is 0 Å². The number of carbonyl (C=O) groups excluding carboxylic acids is 1. The molecule has 0 aliphatic heterocycles. The minimum absolute atomic E-state index is 0.0294. The molecule has 0 radical (unpaired) electrons. The van der Waals surface area contributed by atoms with Crippen LogP contribution in [0.25, 0.3) is 0 Å². The summed E-state index contributed by atoms with van der Waals surface area (Å²) in [6.07, 6.45) is 5.21. The van der Waals surface area contributed by atoms with Crippen molar-refractivity contribution in [3.63, 3.8) is 0 Å². The zero-order valence-corrected chi connectivity index (χ0v) is 10.4. The summed E-state index contributed by atoms with van der Waals surface area (Å²) >= 11 is 0. The predicted octanol–water partition coefficient (Wildman–Crippen LogP) is 1.78. The molecule has 0 fully saturated rings. The molecule has 0 spiro atoms. The number of pyridine rings is 1. The smallest absolute Gasteiger partial charge is 0.220 e. The Bertz CT molecular complexity index is 327. The first kappa shape index (κ1) is 13.6. The van der Waals surface area contributed by atoms with Crippen molar-refractivity contribution in [2.75, 3.05) is 6.54 Å². The molecule has 0 unspecified atom stereocenters. The van der Waals surface area contributed by atoms with Gasteiger partial charge in [0.25, 0.3) is 0 Å². The fourth-order valence-electron chi connectivity index (χ4n) is 1.63. The summed E-state index contributed by atoms with van der Waals surface area (Å²) in [5.41, 5.74) is 6.28. The second-order valence-corrected chi connectivity index (χ2v) is 4.14. The van der Waals surface area contributed by atoms with Crippen molar-refractivity contribution in [1.82, 2.24) is 10.3 Å². The van der Waals surface area contributed by atoms with Gasteiger partial charge >= 0.3 is 0 Å². The molecule has 1 rings (SSSR count). The first-order chi connectivity index (χ1) is 8.24. The highest BCUT2D eigenvalue weighted by molar-refractivity contribution is 5.76. The molecule has 0 bridgehead atoms. The molecule has 1 heterocycles. The summed E-state index contributed by atoms with van der Waals surface area (Å²) in [7, 11) is 0. The average Bonchev–Trinajstić information content (AvgIpc) is 2.36. The molecule has 1 atom stereocenters. The molecule has 0 aliphatic carbocycles. The topological polar surface area (TPSA) is 68.0 Å². The third-order valence-electron chi connectivity index (χ3n) is 2.62. The SMILES string of the molecule is C[C@@H](NC(=O)CCCCCN)c1ccccn1. The molecular formula is C13H21N3O. The van der Waals surface area contributed by atoms with Gasteiger partial charge in [0.2, 0.25) is 5.91 Å². The van der Waals surface area contributed by atoms with Crippen LogP contribution in [-0.4, -0.2) is 17.4 Å². The molecule has 1 amide bonds. The number of hydrogen-bond donors (Lipinski definition) is 2. The minimum atomic E-state index is -0.0294. The van der Waals surface area contributed by atoms with Crippen LogP contribution in [0.1, 0.15) is 44.3 Å². The number of nitrogens with two attached hydrogens (primary N) is 1. The van der Waals surface area contributed by atoms with E-state index in [-0.39, 0.29) is 11.9 Å². The summed E-state index contributed by atoms with van der Waals surface area (Å²) in [6, 6.07) is 5.68. The number of hydrogen-bond acceptors (Lipinski definition) is 3. The standard InChI is InChI=1S/C13H21N3O/c1-11(12-7-4-6-10-15-12)16-13(17)8-3-2-5-9-14/h4,6-7,10-11H,2-3,5,8-9,14H2,1H3,(H,16,17)/t11-/m1/s1. The fraction of sp³-hybridized carbons (Fsp3) is 0.538. The van der Waals surface area contributed by atoms with Crippen molar-refractivity contribution in [2.24, 2.45) is 5.73 Å². The Morgan fingerprint density at radius 1 is 1.41 bits per heavy atom. The van der Waals surface area contributed by atoms with Crippen molar-refractivity contribution in [2.45, 2.75) is 38.6 Å². The molecule has 1 aromatic rings. The highest BCUT2D eigenvalue weighted by Crippen LogP contribution is 2.08. The zero-order chi connectivity index (χ0) is 12.5. The third-order valence-corrected chi connectivity index (χ3v) is 2.62. The number of unbranched alkanes of at least 4 members (excludes halogenated alkanes) is 2. The van der Waals surface area contributed by atoms with Gasteiger partial charge in [0.05, 0.1) is 11.7 Å². The Hall–Kier alpha value is -1.42. The second kappa shape index (κ2) is 7.79. The fourth-order valence-corrected chi connectivity index (χ4v) is 1.63. The van der Waals surface area contributed by atoms with Crippen molar-refractivity contribution in [3.8, 4) is 0 Å². The number of nitrogens with one attached hydrogen (secondary N) is 1. The zero-order valence-electron chi connectivity index (χ0n) is 10.4. The van der Waals surface area contributed by atoms with E-state index in [2.05, 4.69) is 10.3 Å². The van der Waals surface area contributed by atoms with Crippen LogP contribution in [0.3, 0.4) is 0 Å². The Kier molecular flexibility index (Phi) is 6.25. The Balaban J connectivity index is 2.26. The monoisotopic (exact) mass is 235 g/mol. The maximum Gasteiger partial charge on any atom is 0.220 e. The molecular weight excluding hydrogens is 214 g/mol. The molecule has 4 heteroatoms. The van der Waals surface area contributed by atoms with E-state index in [1.807, 2.05) is 25.1 Å². The van der Waals surface area contributed by atoms with Gasteiger partial charge in [-0.25, -0.2) is 0 Å². The summed E-state index contributed by atoms with van der Waals surface area (Å²) < 4.78 is 0. The van der Waals surface area contributed by atoms with E-state index in [0.29, 0.717) is 13.0 Å². The maximum atomic E-state index is 11.6. The normalized spacial score (nSPS) is 12.1. The van der Waals surface area contributed by atoms with E-state index in [1.165, 1.54) is 0 Å².